The van der Waals surface area contributed by atoms with E-state index in [0.29, 0.717) is 5.92 Å². The van der Waals surface area contributed by atoms with Crippen LogP contribution in [0, 0.1) is 11.7 Å². The first-order valence-electron chi connectivity index (χ1n) is 5.82. The fourth-order valence-corrected chi connectivity index (χ4v) is 2.40. The first-order chi connectivity index (χ1) is 8.08. The Morgan fingerprint density at radius 2 is 2.06 bits per heavy atom. The van der Waals surface area contributed by atoms with E-state index in [9.17, 15) is 9.18 Å². The van der Waals surface area contributed by atoms with E-state index in [1.165, 1.54) is 6.07 Å². The van der Waals surface area contributed by atoms with Crippen LogP contribution in [0.3, 0.4) is 0 Å². The zero-order valence-electron chi connectivity index (χ0n) is 9.75. The van der Waals surface area contributed by atoms with E-state index in [4.69, 9.17) is 0 Å². The van der Waals surface area contributed by atoms with Crippen molar-refractivity contribution >= 4 is 21.8 Å². The number of benzene rings is 1. The van der Waals surface area contributed by atoms with Crippen LogP contribution < -0.4 is 0 Å². The van der Waals surface area contributed by atoms with Crippen LogP contribution in [0.5, 0.6) is 0 Å². The molecule has 0 aliphatic carbocycles. The van der Waals surface area contributed by atoms with Gasteiger partial charge in [-0.3, -0.25) is 4.79 Å². The van der Waals surface area contributed by atoms with E-state index >= 15 is 0 Å². The highest BCUT2D eigenvalue weighted by Gasteiger charge is 2.23. The van der Waals surface area contributed by atoms with Crippen molar-refractivity contribution in [3.8, 4) is 0 Å². The number of carbonyl (C=O) groups is 1. The van der Waals surface area contributed by atoms with Crippen molar-refractivity contribution in [2.75, 3.05) is 13.1 Å². The standard InChI is InChI=1S/C13H15BrFNO/c1-9-4-6-16(7-5-9)13(17)11-8-10(14)2-3-12(11)15/h2-3,8-9H,4-7H2,1H3. The molecule has 0 unspecified atom stereocenters. The molecule has 4 heteroatoms. The number of piperidine rings is 1. The molecule has 1 amide bonds. The van der Waals surface area contributed by atoms with E-state index < -0.39 is 5.82 Å². The van der Waals surface area contributed by atoms with Crippen molar-refractivity contribution in [2.45, 2.75) is 19.8 Å². The summed E-state index contributed by atoms with van der Waals surface area (Å²) in [6.07, 6.45) is 2.00. The Hall–Kier alpha value is -0.900. The number of nitrogens with zero attached hydrogens (tertiary/aromatic N) is 1. The van der Waals surface area contributed by atoms with Crippen LogP contribution in [-0.2, 0) is 0 Å². The molecule has 1 aliphatic rings. The fraction of sp³-hybridized carbons (Fsp3) is 0.462. The molecule has 1 aromatic carbocycles. The Balaban J connectivity index is 2.16. The van der Waals surface area contributed by atoms with Crippen LogP contribution in [0.25, 0.3) is 0 Å². The lowest BCUT2D eigenvalue weighted by molar-refractivity contribution is 0.0692. The van der Waals surface area contributed by atoms with Gasteiger partial charge in [-0.05, 0) is 37.0 Å². The molecule has 0 saturated carbocycles. The van der Waals surface area contributed by atoms with Gasteiger partial charge >= 0.3 is 0 Å². The highest BCUT2D eigenvalue weighted by Crippen LogP contribution is 2.21. The van der Waals surface area contributed by atoms with Gasteiger partial charge in [0.25, 0.3) is 5.91 Å². The average molecular weight is 300 g/mol. The normalized spacial score (nSPS) is 17.2. The molecule has 0 aromatic heterocycles. The van der Waals surface area contributed by atoms with Gasteiger partial charge < -0.3 is 4.90 Å². The van der Waals surface area contributed by atoms with Crippen molar-refractivity contribution in [2.24, 2.45) is 5.92 Å². The van der Waals surface area contributed by atoms with E-state index in [1.54, 1.807) is 17.0 Å². The molecule has 1 heterocycles. The maximum Gasteiger partial charge on any atom is 0.256 e. The molecule has 0 spiro atoms. The number of rotatable bonds is 1. The van der Waals surface area contributed by atoms with Crippen LogP contribution in [-0.4, -0.2) is 23.9 Å². The maximum atomic E-state index is 13.6. The minimum absolute atomic E-state index is 0.161. The molecular weight excluding hydrogens is 285 g/mol. The third kappa shape index (κ3) is 2.86. The lowest BCUT2D eigenvalue weighted by Crippen LogP contribution is -2.38. The molecular formula is C13H15BrFNO. The van der Waals surface area contributed by atoms with Crippen LogP contribution in [0.1, 0.15) is 30.1 Å². The predicted octanol–water partition coefficient (Wildman–Crippen LogP) is 3.46. The second kappa shape index (κ2) is 5.17. The smallest absolute Gasteiger partial charge is 0.256 e. The molecule has 0 bridgehead atoms. The molecule has 1 fully saturated rings. The summed E-state index contributed by atoms with van der Waals surface area (Å²) in [6, 6.07) is 4.48. The molecule has 2 nitrogen and oxygen atoms in total. The van der Waals surface area contributed by atoms with Gasteiger partial charge in [-0.2, -0.15) is 0 Å². The second-order valence-corrected chi connectivity index (χ2v) is 5.51. The number of amides is 1. The number of likely N-dealkylation sites (tertiary alicyclic amines) is 1. The Labute approximate surface area is 109 Å². The Kier molecular flexibility index (Phi) is 3.82. The minimum Gasteiger partial charge on any atom is -0.339 e. The number of halogens is 2. The van der Waals surface area contributed by atoms with Crippen molar-refractivity contribution in [1.29, 1.82) is 0 Å². The lowest BCUT2D eigenvalue weighted by atomic mass is 9.98. The molecule has 2 rings (SSSR count). The summed E-state index contributed by atoms with van der Waals surface area (Å²) >= 11 is 3.26. The first kappa shape index (κ1) is 12.6. The van der Waals surface area contributed by atoms with E-state index in [0.717, 1.165) is 30.4 Å². The summed E-state index contributed by atoms with van der Waals surface area (Å²) in [4.78, 5) is 13.9. The largest absolute Gasteiger partial charge is 0.339 e. The lowest BCUT2D eigenvalue weighted by Gasteiger charge is -2.30. The average Bonchev–Trinajstić information content (AvgIpc) is 2.32. The quantitative estimate of drug-likeness (QED) is 0.778. The van der Waals surface area contributed by atoms with Gasteiger partial charge in [-0.25, -0.2) is 4.39 Å². The van der Waals surface area contributed by atoms with Crippen LogP contribution in [0.2, 0.25) is 0 Å². The topological polar surface area (TPSA) is 20.3 Å². The highest BCUT2D eigenvalue weighted by molar-refractivity contribution is 9.10. The third-order valence-corrected chi connectivity index (χ3v) is 3.72. The van der Waals surface area contributed by atoms with Crippen LogP contribution >= 0.6 is 15.9 Å². The zero-order chi connectivity index (χ0) is 12.4. The molecule has 0 radical (unpaired) electrons. The van der Waals surface area contributed by atoms with Gasteiger partial charge in [0.15, 0.2) is 0 Å². The summed E-state index contributed by atoms with van der Waals surface area (Å²) in [5, 5.41) is 0. The van der Waals surface area contributed by atoms with Crippen LogP contribution in [0.15, 0.2) is 22.7 Å². The number of hydrogen-bond acceptors (Lipinski definition) is 1. The van der Waals surface area contributed by atoms with Crippen molar-refractivity contribution < 1.29 is 9.18 Å². The van der Waals surface area contributed by atoms with Crippen molar-refractivity contribution in [3.05, 3.63) is 34.1 Å². The van der Waals surface area contributed by atoms with E-state index in [-0.39, 0.29) is 11.5 Å². The molecule has 17 heavy (non-hydrogen) atoms. The monoisotopic (exact) mass is 299 g/mol. The Morgan fingerprint density at radius 3 is 2.71 bits per heavy atom. The van der Waals surface area contributed by atoms with Gasteiger partial charge in [0.2, 0.25) is 0 Å². The van der Waals surface area contributed by atoms with E-state index in [2.05, 4.69) is 22.9 Å². The zero-order valence-corrected chi connectivity index (χ0v) is 11.3. The summed E-state index contributed by atoms with van der Waals surface area (Å²) in [6.45, 7) is 3.64. The SMILES string of the molecule is CC1CCN(C(=O)c2cc(Br)ccc2F)CC1. The molecule has 1 aliphatic heterocycles. The molecule has 0 atom stereocenters. The number of hydrogen-bond donors (Lipinski definition) is 0. The van der Waals surface area contributed by atoms with Gasteiger partial charge in [0.1, 0.15) is 5.82 Å². The van der Waals surface area contributed by atoms with Crippen molar-refractivity contribution in [3.63, 3.8) is 0 Å². The molecule has 92 valence electrons. The van der Waals surface area contributed by atoms with Crippen molar-refractivity contribution in [1.82, 2.24) is 4.90 Å². The van der Waals surface area contributed by atoms with Gasteiger partial charge in [0, 0.05) is 17.6 Å². The Bertz CT molecular complexity index is 427. The van der Waals surface area contributed by atoms with Gasteiger partial charge in [-0.1, -0.05) is 22.9 Å². The first-order valence-corrected chi connectivity index (χ1v) is 6.61. The highest BCUT2D eigenvalue weighted by atomic mass is 79.9. The summed E-state index contributed by atoms with van der Waals surface area (Å²) in [7, 11) is 0. The van der Waals surface area contributed by atoms with Crippen LogP contribution in [0.4, 0.5) is 4.39 Å². The predicted molar refractivity (Wildman–Crippen MR) is 68.4 cm³/mol. The molecule has 1 aromatic rings. The summed E-state index contributed by atoms with van der Waals surface area (Å²) in [5.74, 6) is 0.0129. The van der Waals surface area contributed by atoms with E-state index in [1.807, 2.05) is 0 Å². The molecule has 0 N–H and O–H groups in total. The minimum atomic E-state index is -0.447. The summed E-state index contributed by atoms with van der Waals surface area (Å²) in [5.41, 5.74) is 0.161. The van der Waals surface area contributed by atoms with Gasteiger partial charge in [0.05, 0.1) is 5.56 Å². The molecule has 1 saturated heterocycles. The fourth-order valence-electron chi connectivity index (χ4n) is 2.04. The Morgan fingerprint density at radius 1 is 1.41 bits per heavy atom. The second-order valence-electron chi connectivity index (χ2n) is 4.60. The summed E-state index contributed by atoms with van der Waals surface area (Å²) < 4.78 is 14.3. The third-order valence-electron chi connectivity index (χ3n) is 3.23. The van der Waals surface area contributed by atoms with Gasteiger partial charge in [-0.15, -0.1) is 0 Å². The number of carbonyl (C=O) groups excluding carboxylic acids is 1. The maximum absolute atomic E-state index is 13.6.